The predicted octanol–water partition coefficient (Wildman–Crippen LogP) is 3.18. The molecule has 1 heterocycles. The number of hydrogen-bond acceptors (Lipinski definition) is 3. The summed E-state index contributed by atoms with van der Waals surface area (Å²) in [5, 5.41) is 0. The van der Waals surface area contributed by atoms with E-state index in [0.717, 1.165) is 11.1 Å². The van der Waals surface area contributed by atoms with Crippen LogP contribution in [-0.4, -0.2) is 34.9 Å². The normalized spacial score (nSPS) is 12.2. The first kappa shape index (κ1) is 19.5. The molecule has 2 aromatic rings. The molecule has 1 N–H and O–H groups in total. The molecule has 0 spiro atoms. The number of rotatable bonds is 2. The van der Waals surface area contributed by atoms with Crippen molar-refractivity contribution in [3.05, 3.63) is 51.4 Å². The number of aromatic amines is 1. The van der Waals surface area contributed by atoms with Gasteiger partial charge < -0.3 is 9.88 Å². The lowest BCUT2D eigenvalue weighted by molar-refractivity contribution is -0.143. The van der Waals surface area contributed by atoms with Crippen LogP contribution >= 0.6 is 0 Å². The zero-order valence-electron chi connectivity index (χ0n) is 13.3. The van der Waals surface area contributed by atoms with E-state index in [1.54, 1.807) is 0 Å². The number of carbonyl (C=O) groups is 1. The maximum absolute atomic E-state index is 12.9. The average molecular weight is 379 g/mol. The van der Waals surface area contributed by atoms with Crippen LogP contribution in [0.25, 0.3) is 11.4 Å². The molecule has 26 heavy (non-hydrogen) atoms. The van der Waals surface area contributed by atoms with Crippen LogP contribution < -0.4 is 5.56 Å². The lowest BCUT2D eigenvalue weighted by Crippen LogP contribution is -2.29. The topological polar surface area (TPSA) is 66.1 Å². The molecule has 0 atom stereocenters. The summed E-state index contributed by atoms with van der Waals surface area (Å²) in [6.45, 7) is 0. The Morgan fingerprint density at radius 2 is 1.50 bits per heavy atom. The fraction of sp³-hybridized carbons (Fsp3) is 0.267. The van der Waals surface area contributed by atoms with Gasteiger partial charge in [0.05, 0.1) is 11.1 Å². The van der Waals surface area contributed by atoms with Gasteiger partial charge in [0.1, 0.15) is 11.4 Å². The van der Waals surface area contributed by atoms with Crippen LogP contribution in [0.4, 0.5) is 26.3 Å². The van der Waals surface area contributed by atoms with Crippen molar-refractivity contribution in [1.29, 1.82) is 0 Å². The van der Waals surface area contributed by atoms with Crippen molar-refractivity contribution >= 4 is 5.91 Å². The van der Waals surface area contributed by atoms with Gasteiger partial charge in [-0.1, -0.05) is 0 Å². The van der Waals surface area contributed by atoms with Crippen molar-refractivity contribution in [1.82, 2.24) is 14.9 Å². The smallest absolute Gasteiger partial charge is 0.345 e. The van der Waals surface area contributed by atoms with E-state index in [4.69, 9.17) is 0 Å². The molecule has 0 unspecified atom stereocenters. The molecule has 140 valence electrons. The standard InChI is InChI=1S/C15H11F6N3O2/c1-24(2)13(26)10-6-22-11(23-12(10)25)7-3-8(14(16,17)18)5-9(4-7)15(19,20)21/h3-6H,1-2H3,(H,22,23,25). The molecular weight excluding hydrogens is 368 g/mol. The van der Waals surface area contributed by atoms with E-state index in [1.165, 1.54) is 14.1 Å². The molecule has 0 aliphatic heterocycles. The van der Waals surface area contributed by atoms with E-state index in [9.17, 15) is 35.9 Å². The molecular formula is C15H11F6N3O2. The van der Waals surface area contributed by atoms with Gasteiger partial charge in [-0.25, -0.2) is 4.98 Å². The first-order valence-corrected chi connectivity index (χ1v) is 6.91. The number of carbonyl (C=O) groups excluding carboxylic acids is 1. The van der Waals surface area contributed by atoms with Gasteiger partial charge in [-0.05, 0) is 18.2 Å². The molecule has 1 amide bonds. The van der Waals surface area contributed by atoms with Gasteiger partial charge in [0.15, 0.2) is 0 Å². The van der Waals surface area contributed by atoms with Crippen molar-refractivity contribution in [3.8, 4) is 11.4 Å². The van der Waals surface area contributed by atoms with Gasteiger partial charge in [-0.3, -0.25) is 9.59 Å². The Morgan fingerprint density at radius 3 is 1.88 bits per heavy atom. The highest BCUT2D eigenvalue weighted by Crippen LogP contribution is 2.37. The number of aromatic nitrogens is 2. The van der Waals surface area contributed by atoms with Crippen LogP contribution in [0.1, 0.15) is 21.5 Å². The lowest BCUT2D eigenvalue weighted by atomic mass is 10.0. The summed E-state index contributed by atoms with van der Waals surface area (Å²) in [5.41, 5.74) is -5.06. The monoisotopic (exact) mass is 379 g/mol. The third kappa shape index (κ3) is 4.03. The van der Waals surface area contributed by atoms with Crippen LogP contribution in [0.2, 0.25) is 0 Å². The predicted molar refractivity (Wildman–Crippen MR) is 78.3 cm³/mol. The van der Waals surface area contributed by atoms with E-state index in [0.29, 0.717) is 12.1 Å². The van der Waals surface area contributed by atoms with Gasteiger partial charge >= 0.3 is 12.4 Å². The zero-order chi connectivity index (χ0) is 19.9. The first-order chi connectivity index (χ1) is 11.8. The van der Waals surface area contributed by atoms with E-state index in [2.05, 4.69) is 4.98 Å². The number of amides is 1. The van der Waals surface area contributed by atoms with E-state index < -0.39 is 51.9 Å². The first-order valence-electron chi connectivity index (χ1n) is 6.91. The number of benzene rings is 1. The zero-order valence-corrected chi connectivity index (χ0v) is 13.3. The fourth-order valence-electron chi connectivity index (χ4n) is 2.03. The van der Waals surface area contributed by atoms with Gasteiger partial charge in [0, 0.05) is 25.9 Å². The maximum atomic E-state index is 12.9. The molecule has 2 rings (SSSR count). The van der Waals surface area contributed by atoms with Crippen LogP contribution in [-0.2, 0) is 12.4 Å². The molecule has 11 heteroatoms. The molecule has 1 aromatic carbocycles. The third-order valence-corrected chi connectivity index (χ3v) is 3.30. The number of H-pyrrole nitrogens is 1. The number of nitrogens with one attached hydrogen (secondary N) is 1. The molecule has 0 fully saturated rings. The quantitative estimate of drug-likeness (QED) is 0.816. The Bertz CT molecular complexity index is 867. The summed E-state index contributed by atoms with van der Waals surface area (Å²) in [7, 11) is 2.72. The summed E-state index contributed by atoms with van der Waals surface area (Å²) >= 11 is 0. The third-order valence-electron chi connectivity index (χ3n) is 3.30. The lowest BCUT2D eigenvalue weighted by Gasteiger charge is -2.14. The number of halogens is 6. The average Bonchev–Trinajstić information content (AvgIpc) is 2.52. The van der Waals surface area contributed by atoms with Crippen molar-refractivity contribution in [2.24, 2.45) is 0 Å². The molecule has 1 aromatic heterocycles. The van der Waals surface area contributed by atoms with Crippen LogP contribution in [0.15, 0.2) is 29.2 Å². The Morgan fingerprint density at radius 1 is 1.00 bits per heavy atom. The SMILES string of the molecule is CN(C)C(=O)c1cnc(-c2cc(C(F)(F)F)cc(C(F)(F)F)c2)[nH]c1=O. The van der Waals surface area contributed by atoms with Crippen molar-refractivity contribution in [3.63, 3.8) is 0 Å². The Balaban J connectivity index is 2.63. The summed E-state index contributed by atoms with van der Waals surface area (Å²) in [6.07, 6.45) is -9.27. The molecule has 0 saturated carbocycles. The maximum Gasteiger partial charge on any atom is 0.416 e. The van der Waals surface area contributed by atoms with Crippen LogP contribution in [0.3, 0.4) is 0 Å². The summed E-state index contributed by atoms with van der Waals surface area (Å²) in [5.74, 6) is -1.24. The molecule has 5 nitrogen and oxygen atoms in total. The summed E-state index contributed by atoms with van der Waals surface area (Å²) in [4.78, 5) is 30.4. The van der Waals surface area contributed by atoms with E-state index in [-0.39, 0.29) is 6.07 Å². The number of alkyl halides is 6. The second kappa shape index (κ2) is 6.46. The van der Waals surface area contributed by atoms with E-state index in [1.807, 2.05) is 4.98 Å². The molecule has 0 bridgehead atoms. The second-order valence-electron chi connectivity index (χ2n) is 5.47. The second-order valence-corrected chi connectivity index (χ2v) is 5.47. The van der Waals surface area contributed by atoms with Gasteiger partial charge in [0.2, 0.25) is 0 Å². The minimum Gasteiger partial charge on any atom is -0.345 e. The van der Waals surface area contributed by atoms with Gasteiger partial charge in [-0.2, -0.15) is 26.3 Å². The van der Waals surface area contributed by atoms with Crippen LogP contribution in [0.5, 0.6) is 0 Å². The fourth-order valence-corrected chi connectivity index (χ4v) is 2.03. The minimum absolute atomic E-state index is 0.0362. The van der Waals surface area contributed by atoms with E-state index >= 15 is 0 Å². The molecule has 0 radical (unpaired) electrons. The van der Waals surface area contributed by atoms with Crippen molar-refractivity contribution in [2.45, 2.75) is 12.4 Å². The number of nitrogens with zero attached hydrogens (tertiary/aromatic N) is 2. The molecule has 0 saturated heterocycles. The Hall–Kier alpha value is -2.85. The molecule has 0 aliphatic rings. The highest BCUT2D eigenvalue weighted by atomic mass is 19.4. The highest BCUT2D eigenvalue weighted by Gasteiger charge is 2.37. The summed E-state index contributed by atoms with van der Waals surface area (Å²) < 4.78 is 77.3. The van der Waals surface area contributed by atoms with Gasteiger partial charge in [-0.15, -0.1) is 0 Å². The Kier molecular flexibility index (Phi) is 4.84. The number of hydrogen-bond donors (Lipinski definition) is 1. The van der Waals surface area contributed by atoms with Gasteiger partial charge in [0.25, 0.3) is 11.5 Å². The minimum atomic E-state index is -5.03. The van der Waals surface area contributed by atoms with Crippen molar-refractivity contribution in [2.75, 3.05) is 14.1 Å². The van der Waals surface area contributed by atoms with Crippen LogP contribution in [0, 0.1) is 0 Å². The largest absolute Gasteiger partial charge is 0.416 e. The molecule has 0 aliphatic carbocycles. The highest BCUT2D eigenvalue weighted by molar-refractivity contribution is 5.93. The summed E-state index contributed by atoms with van der Waals surface area (Å²) in [6, 6.07) is 0.827. The Labute approximate surface area is 142 Å². The van der Waals surface area contributed by atoms with Crippen molar-refractivity contribution < 1.29 is 31.1 Å².